The first-order valence-corrected chi connectivity index (χ1v) is 7.76. The second-order valence-corrected chi connectivity index (χ2v) is 6.56. The largest absolute Gasteiger partial charge is 0.508 e. The van der Waals surface area contributed by atoms with Crippen LogP contribution in [0.2, 0.25) is 5.02 Å². The van der Waals surface area contributed by atoms with Crippen LogP contribution in [0, 0.1) is 0 Å². The number of aromatic hydroxyl groups is 1. The Balaban J connectivity index is 1.57. The van der Waals surface area contributed by atoms with Crippen molar-refractivity contribution in [3.63, 3.8) is 0 Å². The van der Waals surface area contributed by atoms with Gasteiger partial charge in [0.25, 0.3) is 0 Å². The third-order valence-electron chi connectivity index (χ3n) is 4.29. The number of nitrogens with one attached hydrogen (secondary N) is 1. The van der Waals surface area contributed by atoms with Gasteiger partial charge >= 0.3 is 0 Å². The lowest BCUT2D eigenvalue weighted by Crippen LogP contribution is -2.34. The quantitative estimate of drug-likeness (QED) is 0.897. The molecule has 1 saturated carbocycles. The summed E-state index contributed by atoms with van der Waals surface area (Å²) in [5.41, 5.74) is 1.62. The second-order valence-electron chi connectivity index (χ2n) is 6.12. The summed E-state index contributed by atoms with van der Waals surface area (Å²) in [4.78, 5) is 14.4. The van der Waals surface area contributed by atoms with Crippen LogP contribution >= 0.6 is 11.6 Å². The van der Waals surface area contributed by atoms with E-state index in [9.17, 15) is 9.90 Å². The van der Waals surface area contributed by atoms with Gasteiger partial charge in [-0.1, -0.05) is 11.6 Å². The smallest absolute Gasteiger partial charge is 0.228 e. The highest BCUT2D eigenvalue weighted by Gasteiger charge is 2.41. The summed E-state index contributed by atoms with van der Waals surface area (Å²) < 4.78 is 0. The highest BCUT2D eigenvalue weighted by molar-refractivity contribution is 6.30. The number of hydrogen-bond donors (Lipinski definition) is 2. The molecule has 0 bridgehead atoms. The van der Waals surface area contributed by atoms with E-state index in [-0.39, 0.29) is 18.1 Å². The van der Waals surface area contributed by atoms with E-state index in [2.05, 4.69) is 17.1 Å². The fourth-order valence-electron chi connectivity index (χ4n) is 2.53. The molecule has 0 aromatic heterocycles. The van der Waals surface area contributed by atoms with Gasteiger partial charge in [0.2, 0.25) is 5.91 Å². The van der Waals surface area contributed by atoms with Crippen LogP contribution in [0.25, 0.3) is 0 Å². The summed E-state index contributed by atoms with van der Waals surface area (Å²) in [6.07, 6.45) is 8.52. The van der Waals surface area contributed by atoms with Gasteiger partial charge in [0.1, 0.15) is 5.75 Å². The number of halogens is 1. The first-order valence-electron chi connectivity index (χ1n) is 7.39. The number of hydrogen-bond acceptors (Lipinski definition) is 3. The lowest BCUT2D eigenvalue weighted by molar-refractivity contribution is -0.119. The molecule has 1 aromatic rings. The van der Waals surface area contributed by atoms with Crippen molar-refractivity contribution in [2.45, 2.75) is 31.7 Å². The number of carbonyl (C=O) groups excluding carboxylic acids is 1. The third kappa shape index (κ3) is 3.28. The van der Waals surface area contributed by atoms with Crippen molar-refractivity contribution in [1.82, 2.24) is 10.2 Å². The Labute approximate surface area is 135 Å². The molecule has 1 fully saturated rings. The molecule has 0 atom stereocenters. The number of rotatable bonds is 4. The zero-order valence-electron chi connectivity index (χ0n) is 12.5. The number of nitrogens with zero attached hydrogens (tertiary/aromatic N) is 1. The van der Waals surface area contributed by atoms with Crippen molar-refractivity contribution in [2.24, 2.45) is 0 Å². The van der Waals surface area contributed by atoms with Gasteiger partial charge in [0, 0.05) is 34.6 Å². The normalized spacial score (nSPS) is 18.8. The highest BCUT2D eigenvalue weighted by atomic mass is 35.5. The van der Waals surface area contributed by atoms with Crippen LogP contribution in [0.3, 0.4) is 0 Å². The lowest BCUT2D eigenvalue weighted by atomic mass is 10.1. The maximum Gasteiger partial charge on any atom is 0.228 e. The molecule has 1 aromatic carbocycles. The molecule has 1 heterocycles. The maximum absolute atomic E-state index is 12.1. The number of allylic oxidation sites excluding steroid dienone is 1. The summed E-state index contributed by atoms with van der Waals surface area (Å²) in [6, 6.07) is 4.70. The molecule has 0 saturated heterocycles. The van der Waals surface area contributed by atoms with Gasteiger partial charge in [-0.25, -0.2) is 0 Å². The minimum absolute atomic E-state index is 0.0838. The van der Waals surface area contributed by atoms with Gasteiger partial charge in [-0.2, -0.15) is 0 Å². The van der Waals surface area contributed by atoms with E-state index in [0.717, 1.165) is 12.2 Å². The summed E-state index contributed by atoms with van der Waals surface area (Å²) in [7, 11) is 0. The van der Waals surface area contributed by atoms with Gasteiger partial charge in [-0.05, 0) is 50.1 Å². The molecule has 2 N–H and O–H groups in total. The summed E-state index contributed by atoms with van der Waals surface area (Å²) in [5, 5.41) is 13.1. The summed E-state index contributed by atoms with van der Waals surface area (Å²) >= 11 is 5.89. The molecule has 0 radical (unpaired) electrons. The molecule has 116 valence electrons. The average Bonchev–Trinajstić information content (AvgIpc) is 3.23. The fraction of sp³-hybridized carbons (Fsp3) is 0.353. The van der Waals surface area contributed by atoms with E-state index in [1.54, 1.807) is 12.1 Å². The fourth-order valence-corrected chi connectivity index (χ4v) is 2.73. The van der Waals surface area contributed by atoms with Gasteiger partial charge < -0.3 is 15.3 Å². The Morgan fingerprint density at radius 2 is 2.23 bits per heavy atom. The van der Waals surface area contributed by atoms with Crippen LogP contribution < -0.4 is 5.32 Å². The zero-order chi connectivity index (χ0) is 15.7. The minimum Gasteiger partial charge on any atom is -0.508 e. The molecule has 5 heteroatoms. The predicted molar refractivity (Wildman–Crippen MR) is 86.5 cm³/mol. The molecule has 0 unspecified atom stereocenters. The van der Waals surface area contributed by atoms with Crippen molar-refractivity contribution in [3.05, 3.63) is 52.8 Å². The number of carbonyl (C=O) groups is 1. The molecular weight excluding hydrogens is 300 g/mol. The monoisotopic (exact) mass is 318 g/mol. The topological polar surface area (TPSA) is 52.6 Å². The van der Waals surface area contributed by atoms with E-state index in [4.69, 9.17) is 11.6 Å². The standard InChI is InChI=1S/C17H19ClN2O2/c1-17(6-7-17)20-8-4-14(5-9-20)19-16(22)11-12-10-13(18)2-3-15(12)21/h2-5,8,10,21H,6-7,9,11H2,1H3,(H,19,22). The first-order chi connectivity index (χ1) is 10.5. The summed E-state index contributed by atoms with van der Waals surface area (Å²) in [6.45, 7) is 3.06. The Bertz CT molecular complexity index is 663. The average molecular weight is 319 g/mol. The molecule has 4 nitrogen and oxygen atoms in total. The first kappa shape index (κ1) is 15.0. The van der Waals surface area contributed by atoms with Crippen molar-refractivity contribution in [2.75, 3.05) is 6.54 Å². The Kier molecular flexibility index (Phi) is 3.87. The van der Waals surface area contributed by atoms with E-state index in [1.807, 2.05) is 18.4 Å². The van der Waals surface area contributed by atoms with Crippen molar-refractivity contribution < 1.29 is 9.90 Å². The van der Waals surface area contributed by atoms with Crippen LogP contribution in [-0.2, 0) is 11.2 Å². The number of phenols is 1. The molecule has 1 aliphatic heterocycles. The van der Waals surface area contributed by atoms with Crippen LogP contribution in [-0.4, -0.2) is 28.0 Å². The minimum atomic E-state index is -0.167. The van der Waals surface area contributed by atoms with Crippen molar-refractivity contribution in [1.29, 1.82) is 0 Å². The van der Waals surface area contributed by atoms with Crippen molar-refractivity contribution >= 4 is 17.5 Å². The second kappa shape index (κ2) is 5.69. The maximum atomic E-state index is 12.1. The Morgan fingerprint density at radius 1 is 1.45 bits per heavy atom. The predicted octanol–water partition coefficient (Wildman–Crippen LogP) is 2.97. The van der Waals surface area contributed by atoms with E-state index < -0.39 is 0 Å². The summed E-state index contributed by atoms with van der Waals surface area (Å²) in [5.74, 6) is -0.0832. The SMILES string of the molecule is CC1(N2C=CC(NC(=O)Cc3cc(Cl)ccc3O)=CC2)CC1. The number of benzene rings is 1. The molecule has 1 aliphatic carbocycles. The van der Waals surface area contributed by atoms with Gasteiger partial charge in [-0.3, -0.25) is 4.79 Å². The van der Waals surface area contributed by atoms with Crippen LogP contribution in [0.4, 0.5) is 0 Å². The van der Waals surface area contributed by atoms with E-state index in [1.165, 1.54) is 18.9 Å². The van der Waals surface area contributed by atoms with Crippen LogP contribution in [0.15, 0.2) is 42.2 Å². The van der Waals surface area contributed by atoms with Gasteiger partial charge in [-0.15, -0.1) is 0 Å². The lowest BCUT2D eigenvalue weighted by Gasteiger charge is -2.29. The molecule has 2 aliphatic rings. The van der Waals surface area contributed by atoms with E-state index in [0.29, 0.717) is 16.1 Å². The molecule has 3 rings (SSSR count). The van der Waals surface area contributed by atoms with Crippen LogP contribution in [0.5, 0.6) is 5.75 Å². The highest BCUT2D eigenvalue weighted by Crippen LogP contribution is 2.41. The van der Waals surface area contributed by atoms with Crippen LogP contribution in [0.1, 0.15) is 25.3 Å². The van der Waals surface area contributed by atoms with Gasteiger partial charge in [0.15, 0.2) is 0 Å². The number of phenolic OH excluding ortho intramolecular Hbond substituents is 1. The Hall–Kier alpha value is -1.94. The molecule has 1 amide bonds. The van der Waals surface area contributed by atoms with Crippen molar-refractivity contribution in [3.8, 4) is 5.75 Å². The Morgan fingerprint density at radius 3 is 2.86 bits per heavy atom. The van der Waals surface area contributed by atoms with E-state index >= 15 is 0 Å². The number of amides is 1. The molecular formula is C17H19ClN2O2. The third-order valence-corrected chi connectivity index (χ3v) is 4.52. The molecule has 22 heavy (non-hydrogen) atoms. The zero-order valence-corrected chi connectivity index (χ0v) is 13.2. The molecule has 0 spiro atoms. The van der Waals surface area contributed by atoms with Gasteiger partial charge in [0.05, 0.1) is 6.42 Å².